The Balaban J connectivity index is 0.000000543. The number of amides is 2. The fraction of sp³-hybridized carbons (Fsp3) is 0.297. The summed E-state index contributed by atoms with van der Waals surface area (Å²) in [5, 5.41) is 5.46. The summed E-state index contributed by atoms with van der Waals surface area (Å²) in [6.07, 6.45) is 1.09. The first kappa shape index (κ1) is 42.9. The average molecular weight is 691 g/mol. The van der Waals surface area contributed by atoms with Crippen molar-refractivity contribution in [1.82, 2.24) is 15.6 Å². The molecule has 0 aliphatic rings. The van der Waals surface area contributed by atoms with Gasteiger partial charge in [-0.1, -0.05) is 48.3 Å². The molecule has 4 aromatic rings. The number of primary amides is 1. The second-order valence-electron chi connectivity index (χ2n) is 10.7. The van der Waals surface area contributed by atoms with Gasteiger partial charge in [0.1, 0.15) is 23.1 Å². The van der Waals surface area contributed by atoms with Crippen molar-refractivity contribution in [2.45, 2.75) is 46.2 Å². The lowest BCUT2D eigenvalue weighted by atomic mass is 9.91. The van der Waals surface area contributed by atoms with Gasteiger partial charge in [-0.05, 0) is 82.7 Å². The molecular weight excluding hydrogens is 644 g/mol. The minimum Gasteiger partial charge on any atom is -0.491 e. The highest BCUT2D eigenvalue weighted by Crippen LogP contribution is 2.37. The summed E-state index contributed by atoms with van der Waals surface area (Å²) in [5.74, 6) is -1.29. The van der Waals surface area contributed by atoms with Crippen LogP contribution in [0, 0.1) is 25.5 Å². The van der Waals surface area contributed by atoms with Crippen LogP contribution in [0.25, 0.3) is 11.3 Å². The van der Waals surface area contributed by atoms with Crippen LogP contribution in [-0.4, -0.2) is 65.4 Å². The summed E-state index contributed by atoms with van der Waals surface area (Å²) in [6.45, 7) is 7.67. The molecule has 4 rings (SSSR count). The lowest BCUT2D eigenvalue weighted by Gasteiger charge is -2.21. The van der Waals surface area contributed by atoms with Crippen LogP contribution in [-0.2, 0) is 15.9 Å². The van der Waals surface area contributed by atoms with Gasteiger partial charge in [-0.2, -0.15) is 0 Å². The lowest BCUT2D eigenvalue weighted by molar-refractivity contribution is -0.109. The number of aliphatic imine (C=N–C) groups is 1. The summed E-state index contributed by atoms with van der Waals surface area (Å²) < 4.78 is 47.0. The molecule has 3 aromatic carbocycles. The van der Waals surface area contributed by atoms with E-state index in [0.717, 1.165) is 28.3 Å². The molecule has 0 fully saturated rings. The number of hydrogen-bond donors (Lipinski definition) is 4. The normalized spacial score (nSPS) is 11.4. The smallest absolute Gasteiger partial charge is 0.207 e. The third-order valence-corrected chi connectivity index (χ3v) is 6.70. The van der Waals surface area contributed by atoms with Crippen molar-refractivity contribution >= 4 is 32.6 Å². The molecule has 50 heavy (non-hydrogen) atoms. The molecule has 0 aliphatic carbocycles. The molecule has 0 spiro atoms. The number of alkyl halides is 1. The predicted octanol–water partition coefficient (Wildman–Crippen LogP) is 5.53. The summed E-state index contributed by atoms with van der Waals surface area (Å²) in [4.78, 5) is 27.9. The quantitative estimate of drug-likeness (QED) is 0.0536. The number of aromatic nitrogens is 1. The van der Waals surface area contributed by atoms with Crippen molar-refractivity contribution in [3.05, 3.63) is 112 Å². The second-order valence-corrected chi connectivity index (χ2v) is 10.7. The van der Waals surface area contributed by atoms with Gasteiger partial charge in [-0.15, -0.1) is 0 Å². The number of aryl methyl sites for hydroxylation is 2. The first-order chi connectivity index (χ1) is 23.9. The summed E-state index contributed by atoms with van der Waals surface area (Å²) in [5.41, 5.74) is 15.2. The van der Waals surface area contributed by atoms with Gasteiger partial charge in [0.15, 0.2) is 6.30 Å². The van der Waals surface area contributed by atoms with E-state index in [0.29, 0.717) is 36.7 Å². The van der Waals surface area contributed by atoms with Crippen molar-refractivity contribution < 1.29 is 27.5 Å². The summed E-state index contributed by atoms with van der Waals surface area (Å²) in [6, 6.07) is 19.2. The minimum atomic E-state index is -1.18. The number of ether oxygens (including phenoxy) is 1. The molecule has 1 aromatic heterocycles. The molecular formula is C37H46BF3N6O3. The number of carbonyl (C=O) groups is 2. The van der Waals surface area contributed by atoms with Crippen molar-refractivity contribution in [1.29, 1.82) is 0 Å². The molecule has 2 unspecified atom stereocenters. The topological polar surface area (TPSA) is 145 Å². The van der Waals surface area contributed by atoms with Crippen LogP contribution >= 0.6 is 0 Å². The van der Waals surface area contributed by atoms with Crippen LogP contribution in [0.1, 0.15) is 53.3 Å². The largest absolute Gasteiger partial charge is 0.491 e. The predicted molar refractivity (Wildman–Crippen MR) is 196 cm³/mol. The van der Waals surface area contributed by atoms with E-state index in [1.807, 2.05) is 83.4 Å². The molecule has 2 radical (unpaired) electrons. The molecule has 0 saturated carbocycles. The number of nitrogens with one attached hydrogen (secondary N) is 2. The Morgan fingerprint density at radius 3 is 2.22 bits per heavy atom. The number of rotatable bonds is 11. The van der Waals surface area contributed by atoms with E-state index in [1.54, 1.807) is 6.07 Å². The van der Waals surface area contributed by atoms with Crippen molar-refractivity contribution in [3.8, 4) is 17.0 Å². The van der Waals surface area contributed by atoms with Crippen molar-refractivity contribution in [2.24, 2.45) is 10.7 Å². The Hall–Kier alpha value is -5.17. The standard InChI is InChI=1S/C24H23BF2N2O2.C10H13FN2.C2H7N.CH3NO/c1-3-31-24-15(2)9-22(19(13-28-14-30)16-7-5-4-6-8-16)29-23(24)18-10-17(12-25)20(26)11-21(18)27;1-7-3-4-10(12)9(5-7)6-13-8(2)11;1-3-2;2-1-3/h4-11,14,19H,3,12-13H2,1-2H3,(H,28,30);3-6,8H,12H2,1-2H3;3H,1-2H3;1H,(H2,2,3)/b;13-6+;;. The number of anilines is 1. The van der Waals surface area contributed by atoms with Crippen LogP contribution in [0.5, 0.6) is 5.75 Å². The highest BCUT2D eigenvalue weighted by molar-refractivity contribution is 6.08. The first-order valence-corrected chi connectivity index (χ1v) is 15.7. The third-order valence-electron chi connectivity index (χ3n) is 6.70. The van der Waals surface area contributed by atoms with Gasteiger partial charge < -0.3 is 26.8 Å². The Labute approximate surface area is 294 Å². The van der Waals surface area contributed by atoms with E-state index in [2.05, 4.69) is 21.4 Å². The number of hydrogen-bond acceptors (Lipinski definition) is 7. The van der Waals surface area contributed by atoms with Gasteiger partial charge >= 0.3 is 0 Å². The summed E-state index contributed by atoms with van der Waals surface area (Å²) >= 11 is 0. The fourth-order valence-electron chi connectivity index (χ4n) is 4.54. The minimum absolute atomic E-state index is 0.0718. The number of carbonyl (C=O) groups excluding carboxylic acids is 2. The van der Waals surface area contributed by atoms with E-state index in [-0.39, 0.29) is 35.5 Å². The zero-order valence-electron chi connectivity index (χ0n) is 29.3. The molecule has 0 bridgehead atoms. The van der Waals surface area contributed by atoms with Crippen LogP contribution in [0.4, 0.5) is 18.9 Å². The zero-order chi connectivity index (χ0) is 37.6. The Bertz CT molecular complexity index is 1660. The molecule has 0 saturated heterocycles. The van der Waals surface area contributed by atoms with Gasteiger partial charge in [0, 0.05) is 41.6 Å². The number of benzene rings is 3. The Morgan fingerprint density at radius 1 is 1.02 bits per heavy atom. The lowest BCUT2D eigenvalue weighted by Crippen LogP contribution is -2.22. The summed E-state index contributed by atoms with van der Waals surface area (Å²) in [7, 11) is 9.38. The maximum atomic E-state index is 14.8. The molecule has 9 nitrogen and oxygen atoms in total. The van der Waals surface area contributed by atoms with Gasteiger partial charge in [0.2, 0.25) is 12.8 Å². The molecule has 13 heteroatoms. The van der Waals surface area contributed by atoms with Crippen molar-refractivity contribution in [3.63, 3.8) is 0 Å². The molecule has 266 valence electrons. The van der Waals surface area contributed by atoms with E-state index < -0.39 is 17.9 Å². The maximum absolute atomic E-state index is 14.8. The highest BCUT2D eigenvalue weighted by Gasteiger charge is 2.23. The molecule has 6 N–H and O–H groups in total. The number of halogens is 3. The van der Waals surface area contributed by atoms with Gasteiger partial charge in [0.25, 0.3) is 0 Å². The van der Waals surface area contributed by atoms with E-state index in [1.165, 1.54) is 19.2 Å². The fourth-order valence-corrected chi connectivity index (χ4v) is 4.54. The zero-order valence-corrected chi connectivity index (χ0v) is 29.3. The van der Waals surface area contributed by atoms with Gasteiger partial charge in [-0.3, -0.25) is 14.6 Å². The first-order valence-electron chi connectivity index (χ1n) is 15.7. The van der Waals surface area contributed by atoms with Crippen LogP contribution in [0.15, 0.2) is 71.7 Å². The molecule has 0 aliphatic heterocycles. The molecule has 2 amide bonds. The number of pyridine rings is 1. The highest BCUT2D eigenvalue weighted by atomic mass is 19.1. The second kappa shape index (κ2) is 23.2. The van der Waals surface area contributed by atoms with E-state index in [4.69, 9.17) is 28.1 Å². The maximum Gasteiger partial charge on any atom is 0.207 e. The van der Waals surface area contributed by atoms with Crippen LogP contribution in [0.3, 0.4) is 0 Å². The average Bonchev–Trinajstić information content (AvgIpc) is 3.08. The van der Waals surface area contributed by atoms with E-state index in [9.17, 15) is 18.0 Å². The Kier molecular flexibility index (Phi) is 19.9. The van der Waals surface area contributed by atoms with E-state index >= 15 is 0 Å². The van der Waals surface area contributed by atoms with Crippen molar-refractivity contribution in [2.75, 3.05) is 33.0 Å². The third kappa shape index (κ3) is 13.8. The monoisotopic (exact) mass is 690 g/mol. The van der Waals surface area contributed by atoms with Gasteiger partial charge in [0.05, 0.1) is 20.1 Å². The molecule has 1 heterocycles. The van der Waals surface area contributed by atoms with Crippen LogP contribution in [0.2, 0.25) is 0 Å². The van der Waals surface area contributed by atoms with Crippen LogP contribution < -0.4 is 26.8 Å². The number of nitrogens with zero attached hydrogens (tertiary/aromatic N) is 2. The number of nitrogens with two attached hydrogens (primary N) is 2. The number of nitrogen functional groups attached to an aromatic ring is 1. The molecule has 2 atom stereocenters. The van der Waals surface area contributed by atoms with Gasteiger partial charge in [-0.25, -0.2) is 18.2 Å². The SMILES string of the molecule is CNC.Cc1ccc(N)c(/C=N/C(C)F)c1.NC=O.[B]Cc1cc(-c2nc(C(CNC=O)c3ccccc3)cc(C)c2OCC)c(F)cc1F. The Morgan fingerprint density at radius 2 is 1.66 bits per heavy atom.